The zero-order valence-corrected chi connectivity index (χ0v) is 14.0. The molecule has 0 unspecified atom stereocenters. The van der Waals surface area contributed by atoms with E-state index in [4.69, 9.17) is 5.73 Å². The molecule has 0 saturated heterocycles. The number of hydrogen-bond donors (Lipinski definition) is 3. The number of benzene rings is 2. The number of nitrogens with two attached hydrogens (primary N) is 1. The number of H-pyrrole nitrogens is 1. The fourth-order valence-electron chi connectivity index (χ4n) is 2.35. The number of tetrazole rings is 1. The smallest absolute Gasteiger partial charge is 0.326 e. The van der Waals surface area contributed by atoms with Crippen LogP contribution in [0.1, 0.15) is 11.1 Å². The first kappa shape index (κ1) is 18.5. The molecule has 0 aliphatic heterocycles. The highest BCUT2D eigenvalue weighted by Crippen LogP contribution is 2.31. The van der Waals surface area contributed by atoms with Crippen molar-refractivity contribution in [2.75, 3.05) is 5.32 Å². The first-order valence-corrected chi connectivity index (χ1v) is 7.94. The Balaban J connectivity index is 1.68. The largest absolute Gasteiger partial charge is 0.416 e. The van der Waals surface area contributed by atoms with Crippen LogP contribution < -0.4 is 15.8 Å². The Bertz CT molecular complexity index is 936. The maximum Gasteiger partial charge on any atom is 0.416 e. The van der Waals surface area contributed by atoms with Crippen LogP contribution in [0.5, 0.6) is 0 Å². The van der Waals surface area contributed by atoms with Crippen molar-refractivity contribution < 1.29 is 22.8 Å². The van der Waals surface area contributed by atoms with Crippen LogP contribution in [0.4, 0.5) is 18.9 Å². The second-order valence-electron chi connectivity index (χ2n) is 5.72. The number of aromatic amines is 1. The summed E-state index contributed by atoms with van der Waals surface area (Å²) in [5.74, 6) is -0.312. The van der Waals surface area contributed by atoms with Gasteiger partial charge in [-0.1, -0.05) is 23.0 Å². The Morgan fingerprint density at radius 1 is 1.19 bits per heavy atom. The summed E-state index contributed by atoms with van der Waals surface area (Å²) >= 11 is 0. The summed E-state index contributed by atoms with van der Waals surface area (Å²) < 4.78 is 38.4. The summed E-state index contributed by atoms with van der Waals surface area (Å²) in [5, 5.41) is 13.1. The maximum atomic E-state index is 12.8. The van der Waals surface area contributed by atoms with Crippen molar-refractivity contribution in [1.29, 1.82) is 0 Å². The fraction of sp³-hybridized carbons (Fsp3) is 0.176. The molecule has 1 aromatic heterocycles. The minimum atomic E-state index is -4.46. The molecule has 7 nitrogen and oxygen atoms in total. The summed E-state index contributed by atoms with van der Waals surface area (Å²) in [6.07, 6.45) is -4.46. The normalized spacial score (nSPS) is 11.4. The maximum absolute atomic E-state index is 12.8. The standard InChI is InChI=1S/C17H15F3N6O/c18-17(19,20)13-3-1-2-12(8-13)16-23-25-26(24-16)10-15(27)22-14-6-4-11(9-21)5-7-14/h1-8H,9-10,21H2,(H,22,27)/p+1. The van der Waals surface area contributed by atoms with Crippen molar-refractivity contribution in [2.24, 2.45) is 5.73 Å². The number of hydrogen-bond acceptors (Lipinski definition) is 4. The molecule has 2 aromatic carbocycles. The van der Waals surface area contributed by atoms with Crippen molar-refractivity contribution in [3.8, 4) is 11.4 Å². The van der Waals surface area contributed by atoms with E-state index in [-0.39, 0.29) is 23.8 Å². The number of halogens is 3. The minimum absolute atomic E-state index is 0.0567. The van der Waals surface area contributed by atoms with Crippen LogP contribution in [-0.2, 0) is 24.1 Å². The average molecular weight is 377 g/mol. The van der Waals surface area contributed by atoms with Gasteiger partial charge in [-0.25, -0.2) is 0 Å². The van der Waals surface area contributed by atoms with Gasteiger partial charge in [0, 0.05) is 12.2 Å². The van der Waals surface area contributed by atoms with Crippen LogP contribution in [0.25, 0.3) is 11.4 Å². The summed E-state index contributed by atoms with van der Waals surface area (Å²) in [6, 6.07) is 11.7. The highest BCUT2D eigenvalue weighted by Gasteiger charge is 2.31. The van der Waals surface area contributed by atoms with Crippen LogP contribution in [0.3, 0.4) is 0 Å². The van der Waals surface area contributed by atoms with Crippen LogP contribution in [0, 0.1) is 0 Å². The predicted octanol–water partition coefficient (Wildman–Crippen LogP) is 1.88. The van der Waals surface area contributed by atoms with Gasteiger partial charge in [0.1, 0.15) is 0 Å². The molecule has 10 heteroatoms. The second kappa shape index (κ2) is 7.54. The highest BCUT2D eigenvalue weighted by molar-refractivity contribution is 5.89. The molecule has 4 N–H and O–H groups in total. The van der Waals surface area contributed by atoms with E-state index in [1.165, 1.54) is 12.1 Å². The Morgan fingerprint density at radius 2 is 1.93 bits per heavy atom. The van der Waals surface area contributed by atoms with Crippen molar-refractivity contribution in [2.45, 2.75) is 19.3 Å². The van der Waals surface area contributed by atoms with Gasteiger partial charge in [0.2, 0.25) is 6.54 Å². The monoisotopic (exact) mass is 377 g/mol. The number of alkyl halides is 3. The summed E-state index contributed by atoms with van der Waals surface area (Å²) in [7, 11) is 0. The third-order valence-electron chi connectivity index (χ3n) is 3.70. The van der Waals surface area contributed by atoms with Crippen LogP contribution in [0.2, 0.25) is 0 Å². The zero-order valence-electron chi connectivity index (χ0n) is 14.0. The van der Waals surface area contributed by atoms with Gasteiger partial charge in [-0.15, -0.1) is 0 Å². The molecule has 0 atom stereocenters. The lowest BCUT2D eigenvalue weighted by atomic mass is 10.1. The van der Waals surface area contributed by atoms with Gasteiger partial charge in [-0.05, 0) is 46.2 Å². The van der Waals surface area contributed by atoms with E-state index in [9.17, 15) is 18.0 Å². The first-order valence-electron chi connectivity index (χ1n) is 7.94. The lowest BCUT2D eigenvalue weighted by molar-refractivity contribution is -0.793. The second-order valence-corrected chi connectivity index (χ2v) is 5.72. The summed E-state index contributed by atoms with van der Waals surface area (Å²) in [4.78, 5) is 13.2. The number of carbonyl (C=O) groups excluding carboxylic acids is 1. The van der Waals surface area contributed by atoms with E-state index in [0.717, 1.165) is 22.5 Å². The molecule has 0 aliphatic rings. The minimum Gasteiger partial charge on any atom is -0.326 e. The number of anilines is 1. The van der Waals surface area contributed by atoms with E-state index in [2.05, 4.69) is 20.7 Å². The average Bonchev–Trinajstić information content (AvgIpc) is 3.10. The van der Waals surface area contributed by atoms with Gasteiger partial charge in [0.25, 0.3) is 5.91 Å². The number of rotatable bonds is 5. The van der Waals surface area contributed by atoms with E-state index in [1.807, 2.05) is 0 Å². The van der Waals surface area contributed by atoms with Crippen LogP contribution in [0.15, 0.2) is 48.5 Å². The third kappa shape index (κ3) is 4.67. The zero-order chi connectivity index (χ0) is 19.4. The molecule has 0 saturated carbocycles. The van der Waals surface area contributed by atoms with Gasteiger partial charge < -0.3 is 11.1 Å². The molecule has 1 amide bonds. The van der Waals surface area contributed by atoms with Gasteiger partial charge in [-0.3, -0.25) is 4.79 Å². The van der Waals surface area contributed by atoms with Crippen LogP contribution >= 0.6 is 0 Å². The highest BCUT2D eigenvalue weighted by atomic mass is 19.4. The SMILES string of the molecule is NCc1ccc(NC(=O)C[n+]2nc(-c3cccc(C(F)(F)F)c3)n[nH]2)cc1. The molecule has 0 aliphatic carbocycles. The molecular formula is C17H16F3N6O+. The predicted molar refractivity (Wildman–Crippen MR) is 90.0 cm³/mol. The molecule has 1 heterocycles. The number of aromatic nitrogens is 4. The number of nitrogens with one attached hydrogen (secondary N) is 2. The Morgan fingerprint density at radius 3 is 2.59 bits per heavy atom. The summed E-state index contributed by atoms with van der Waals surface area (Å²) in [5.41, 5.74) is 6.44. The van der Waals surface area contributed by atoms with Crippen molar-refractivity contribution in [3.63, 3.8) is 0 Å². The van der Waals surface area contributed by atoms with Gasteiger partial charge in [0.05, 0.1) is 16.2 Å². The fourth-order valence-corrected chi connectivity index (χ4v) is 2.35. The van der Waals surface area contributed by atoms with Gasteiger partial charge >= 0.3 is 12.0 Å². The number of amides is 1. The Kier molecular flexibility index (Phi) is 5.17. The Labute approximate surface area is 152 Å². The van der Waals surface area contributed by atoms with Gasteiger partial charge in [-0.2, -0.15) is 13.2 Å². The van der Waals surface area contributed by atoms with E-state index < -0.39 is 11.7 Å². The molecule has 3 rings (SSSR count). The van der Waals surface area contributed by atoms with Crippen LogP contribution in [-0.4, -0.2) is 21.3 Å². The first-order chi connectivity index (χ1) is 12.8. The molecule has 140 valence electrons. The van der Waals surface area contributed by atoms with Crippen molar-refractivity contribution in [3.05, 3.63) is 59.7 Å². The molecule has 0 bridgehead atoms. The van der Waals surface area contributed by atoms with Crippen molar-refractivity contribution >= 4 is 11.6 Å². The summed E-state index contributed by atoms with van der Waals surface area (Å²) in [6.45, 7) is 0.227. The van der Waals surface area contributed by atoms with E-state index in [1.54, 1.807) is 24.3 Å². The van der Waals surface area contributed by atoms with E-state index in [0.29, 0.717) is 12.2 Å². The lowest BCUT2D eigenvalue weighted by Crippen LogP contribution is -2.44. The molecule has 3 aromatic rings. The number of nitrogens with zero attached hydrogens (tertiary/aromatic N) is 3. The molecule has 0 radical (unpaired) electrons. The molecule has 0 fully saturated rings. The molecular weight excluding hydrogens is 361 g/mol. The third-order valence-corrected chi connectivity index (χ3v) is 3.70. The number of carbonyl (C=O) groups is 1. The molecule has 0 spiro atoms. The van der Waals surface area contributed by atoms with E-state index >= 15 is 0 Å². The lowest BCUT2D eigenvalue weighted by Gasteiger charge is -2.05. The topological polar surface area (TPSA) is 101 Å². The molecule has 27 heavy (non-hydrogen) atoms. The van der Waals surface area contributed by atoms with Gasteiger partial charge in [0.15, 0.2) is 0 Å². The quantitative estimate of drug-likeness (QED) is 0.591. The Hall–Kier alpha value is -3.27. The van der Waals surface area contributed by atoms with Crippen molar-refractivity contribution in [1.82, 2.24) is 15.4 Å².